The fourth-order valence-electron chi connectivity index (χ4n) is 1.76. The molecule has 0 atom stereocenters. The molecule has 120 valence electrons. The Balaban J connectivity index is 2.02. The van der Waals surface area contributed by atoms with Gasteiger partial charge in [-0.1, -0.05) is 11.6 Å². The Hall–Kier alpha value is -2.25. The van der Waals surface area contributed by atoms with Crippen LogP contribution in [0.1, 0.15) is 0 Å². The number of nitrogens with zero attached hydrogens (tertiary/aromatic N) is 1. The minimum atomic E-state index is -0.565. The third-order valence-corrected chi connectivity index (χ3v) is 4.12. The molecule has 2 aromatic carbocycles. The number of thioether (sulfide) groups is 1. The van der Waals surface area contributed by atoms with Crippen molar-refractivity contribution in [2.75, 3.05) is 18.2 Å². The lowest BCUT2D eigenvalue weighted by Gasteiger charge is -2.07. The molecular weight excluding hydrogens is 340 g/mol. The molecule has 0 spiro atoms. The molecule has 0 aliphatic heterocycles. The van der Waals surface area contributed by atoms with Gasteiger partial charge >= 0.3 is 0 Å². The quantitative estimate of drug-likeness (QED) is 0.483. The summed E-state index contributed by atoms with van der Waals surface area (Å²) in [4.78, 5) is 23.4. The SMILES string of the molecule is COc1ccc(NC(=O)CSc2ccc(Cl)cc2)c([N+](=O)[O-])c1. The summed E-state index contributed by atoms with van der Waals surface area (Å²) in [5.74, 6) is 0.147. The number of carbonyl (C=O) groups excluding carboxylic acids is 1. The van der Waals surface area contributed by atoms with Gasteiger partial charge in [0.2, 0.25) is 5.91 Å². The number of hydrogen-bond donors (Lipinski definition) is 1. The van der Waals surface area contributed by atoms with Crippen LogP contribution in [0.25, 0.3) is 0 Å². The lowest BCUT2D eigenvalue weighted by atomic mass is 10.2. The van der Waals surface area contributed by atoms with E-state index in [0.717, 1.165) is 4.90 Å². The zero-order chi connectivity index (χ0) is 16.8. The molecule has 0 saturated carbocycles. The Morgan fingerprint density at radius 1 is 1.30 bits per heavy atom. The maximum absolute atomic E-state index is 12.0. The third kappa shape index (κ3) is 4.87. The molecule has 0 bridgehead atoms. The Kier molecular flexibility index (Phi) is 5.84. The Bertz CT molecular complexity index is 722. The third-order valence-electron chi connectivity index (χ3n) is 2.86. The highest BCUT2D eigenvalue weighted by molar-refractivity contribution is 8.00. The van der Waals surface area contributed by atoms with E-state index in [9.17, 15) is 14.9 Å². The van der Waals surface area contributed by atoms with Crippen LogP contribution in [-0.4, -0.2) is 23.7 Å². The molecule has 23 heavy (non-hydrogen) atoms. The van der Waals surface area contributed by atoms with E-state index in [0.29, 0.717) is 10.8 Å². The van der Waals surface area contributed by atoms with Crippen LogP contribution in [0.5, 0.6) is 5.75 Å². The summed E-state index contributed by atoms with van der Waals surface area (Å²) in [5.41, 5.74) is -0.0771. The molecule has 1 amide bonds. The summed E-state index contributed by atoms with van der Waals surface area (Å²) >= 11 is 7.10. The minimum absolute atomic E-state index is 0.130. The van der Waals surface area contributed by atoms with E-state index < -0.39 is 4.92 Å². The van der Waals surface area contributed by atoms with Crippen molar-refractivity contribution in [1.29, 1.82) is 0 Å². The maximum Gasteiger partial charge on any atom is 0.296 e. The van der Waals surface area contributed by atoms with Gasteiger partial charge in [0.05, 0.1) is 23.9 Å². The van der Waals surface area contributed by atoms with Crippen molar-refractivity contribution in [2.24, 2.45) is 0 Å². The first-order chi connectivity index (χ1) is 11.0. The van der Waals surface area contributed by atoms with E-state index in [1.54, 1.807) is 30.3 Å². The molecule has 6 nitrogen and oxygen atoms in total. The number of benzene rings is 2. The lowest BCUT2D eigenvalue weighted by Crippen LogP contribution is -2.15. The van der Waals surface area contributed by atoms with E-state index in [1.807, 2.05) is 0 Å². The average Bonchev–Trinajstić information content (AvgIpc) is 2.54. The first kappa shape index (κ1) is 17.1. The number of nitrogens with one attached hydrogen (secondary N) is 1. The Labute approximate surface area is 141 Å². The molecule has 0 unspecified atom stereocenters. The molecule has 0 fully saturated rings. The molecule has 2 rings (SSSR count). The fraction of sp³-hybridized carbons (Fsp3) is 0.133. The number of amides is 1. The number of carbonyl (C=O) groups is 1. The molecule has 0 aromatic heterocycles. The molecule has 0 radical (unpaired) electrons. The number of nitro groups is 1. The van der Waals surface area contributed by atoms with Crippen LogP contribution >= 0.6 is 23.4 Å². The van der Waals surface area contributed by atoms with E-state index in [-0.39, 0.29) is 23.0 Å². The van der Waals surface area contributed by atoms with Crippen molar-refractivity contribution >= 4 is 40.6 Å². The van der Waals surface area contributed by atoms with Crippen molar-refractivity contribution in [3.8, 4) is 5.75 Å². The highest BCUT2D eigenvalue weighted by Gasteiger charge is 2.17. The Morgan fingerprint density at radius 2 is 2.00 bits per heavy atom. The second kappa shape index (κ2) is 7.85. The van der Waals surface area contributed by atoms with Crippen LogP contribution < -0.4 is 10.1 Å². The van der Waals surface area contributed by atoms with Gasteiger partial charge in [-0.3, -0.25) is 14.9 Å². The number of hydrogen-bond acceptors (Lipinski definition) is 5. The summed E-state index contributed by atoms with van der Waals surface area (Å²) in [7, 11) is 1.42. The standard InChI is InChI=1S/C15H13ClN2O4S/c1-22-11-4-7-13(14(8-11)18(20)21)17-15(19)9-23-12-5-2-10(16)3-6-12/h2-8H,9H2,1H3,(H,17,19). The zero-order valence-corrected chi connectivity index (χ0v) is 13.7. The molecular formula is C15H13ClN2O4S. The largest absolute Gasteiger partial charge is 0.496 e. The number of nitro benzene ring substituents is 1. The molecule has 0 heterocycles. The maximum atomic E-state index is 12.0. The number of halogens is 1. The van der Waals surface area contributed by atoms with E-state index >= 15 is 0 Å². The summed E-state index contributed by atoms with van der Waals surface area (Å²) in [6, 6.07) is 11.3. The molecule has 2 aromatic rings. The van der Waals surface area contributed by atoms with Gasteiger partial charge in [0.15, 0.2) is 0 Å². The summed E-state index contributed by atoms with van der Waals surface area (Å²) in [6.45, 7) is 0. The predicted molar refractivity (Wildman–Crippen MR) is 90.5 cm³/mol. The minimum Gasteiger partial charge on any atom is -0.496 e. The van der Waals surface area contributed by atoms with E-state index in [4.69, 9.17) is 16.3 Å². The number of methoxy groups -OCH3 is 1. The van der Waals surface area contributed by atoms with Crippen LogP contribution in [0, 0.1) is 10.1 Å². The van der Waals surface area contributed by atoms with Gasteiger partial charge in [-0.15, -0.1) is 11.8 Å². The Morgan fingerprint density at radius 3 is 2.61 bits per heavy atom. The molecule has 0 aliphatic rings. The van der Waals surface area contributed by atoms with Gasteiger partial charge < -0.3 is 10.1 Å². The normalized spacial score (nSPS) is 10.2. The van der Waals surface area contributed by atoms with Gasteiger partial charge in [0, 0.05) is 9.92 Å². The second-order valence-electron chi connectivity index (χ2n) is 4.43. The molecule has 0 aliphatic carbocycles. The molecule has 8 heteroatoms. The highest BCUT2D eigenvalue weighted by Crippen LogP contribution is 2.29. The highest BCUT2D eigenvalue weighted by atomic mass is 35.5. The van der Waals surface area contributed by atoms with Gasteiger partial charge in [0.25, 0.3) is 5.69 Å². The topological polar surface area (TPSA) is 81.5 Å². The zero-order valence-electron chi connectivity index (χ0n) is 12.1. The average molecular weight is 353 g/mol. The number of ether oxygens (including phenoxy) is 1. The van der Waals surface area contributed by atoms with Gasteiger partial charge in [0.1, 0.15) is 11.4 Å². The summed E-state index contributed by atoms with van der Waals surface area (Å²) in [6.07, 6.45) is 0. The summed E-state index contributed by atoms with van der Waals surface area (Å²) in [5, 5.41) is 14.2. The smallest absolute Gasteiger partial charge is 0.296 e. The van der Waals surface area contributed by atoms with Crippen LogP contribution in [-0.2, 0) is 4.79 Å². The van der Waals surface area contributed by atoms with Crippen molar-refractivity contribution in [2.45, 2.75) is 4.90 Å². The fourth-order valence-corrected chi connectivity index (χ4v) is 2.59. The van der Waals surface area contributed by atoms with Crippen LogP contribution in [0.3, 0.4) is 0 Å². The first-order valence-electron chi connectivity index (χ1n) is 6.50. The van der Waals surface area contributed by atoms with Crippen LogP contribution in [0.2, 0.25) is 5.02 Å². The van der Waals surface area contributed by atoms with E-state index in [2.05, 4.69) is 5.32 Å². The van der Waals surface area contributed by atoms with Crippen molar-refractivity contribution in [3.63, 3.8) is 0 Å². The predicted octanol–water partition coefficient (Wildman–Crippen LogP) is 3.99. The van der Waals surface area contributed by atoms with Crippen molar-refractivity contribution in [1.82, 2.24) is 0 Å². The number of rotatable bonds is 6. The van der Waals surface area contributed by atoms with Crippen molar-refractivity contribution in [3.05, 3.63) is 57.6 Å². The first-order valence-corrected chi connectivity index (χ1v) is 7.86. The van der Waals surface area contributed by atoms with Crippen molar-refractivity contribution < 1.29 is 14.5 Å². The van der Waals surface area contributed by atoms with Gasteiger partial charge in [-0.2, -0.15) is 0 Å². The molecule has 1 N–H and O–H groups in total. The molecule has 0 saturated heterocycles. The number of anilines is 1. The monoisotopic (exact) mass is 352 g/mol. The summed E-state index contributed by atoms with van der Waals surface area (Å²) < 4.78 is 4.95. The van der Waals surface area contributed by atoms with Crippen LogP contribution in [0.15, 0.2) is 47.4 Å². The second-order valence-corrected chi connectivity index (χ2v) is 5.92. The van der Waals surface area contributed by atoms with Gasteiger partial charge in [-0.05, 0) is 36.4 Å². The lowest BCUT2D eigenvalue weighted by molar-refractivity contribution is -0.384. The van der Waals surface area contributed by atoms with Gasteiger partial charge in [-0.25, -0.2) is 0 Å². The van der Waals surface area contributed by atoms with Crippen LogP contribution in [0.4, 0.5) is 11.4 Å². The van der Waals surface area contributed by atoms with E-state index in [1.165, 1.54) is 31.0 Å².